The fourth-order valence-electron chi connectivity index (χ4n) is 15.6. The van der Waals surface area contributed by atoms with Crippen LogP contribution in [0.3, 0.4) is 0 Å². The summed E-state index contributed by atoms with van der Waals surface area (Å²) in [6, 6.07) is 17.6. The highest BCUT2D eigenvalue weighted by Crippen LogP contribution is 2.47. The lowest BCUT2D eigenvalue weighted by Gasteiger charge is -2.19. The van der Waals surface area contributed by atoms with Gasteiger partial charge in [-0.1, -0.05) is 362 Å². The van der Waals surface area contributed by atoms with E-state index in [0.717, 1.165) is 194 Å². The maximum atomic E-state index is 7.09. The van der Waals surface area contributed by atoms with E-state index in [4.69, 9.17) is 38.4 Å². The molecular weight excluding hydrogens is 1400 g/mol. The van der Waals surface area contributed by atoms with E-state index in [1.165, 1.54) is 231 Å². The molecule has 0 saturated carbocycles. The summed E-state index contributed by atoms with van der Waals surface area (Å²) in [6.07, 6.45) is 73.0. The molecule has 8 bridgehead atoms. The summed E-state index contributed by atoms with van der Waals surface area (Å²) in [5, 5.41) is 0. The molecular formula is C104H158N4O6. The second kappa shape index (κ2) is 60.5. The van der Waals surface area contributed by atoms with Crippen LogP contribution in [0.4, 0.5) is 0 Å². The Bertz CT molecular complexity index is 3460. The molecule has 630 valence electrons. The maximum Gasteiger partial charge on any atom is 0.203 e. The molecule has 0 atom stereocenters. The summed E-state index contributed by atoms with van der Waals surface area (Å²) in [4.78, 5) is 19.5. The fourth-order valence-corrected chi connectivity index (χ4v) is 15.6. The van der Waals surface area contributed by atoms with E-state index in [9.17, 15) is 0 Å². The van der Waals surface area contributed by atoms with E-state index in [0.29, 0.717) is 74.1 Å². The predicted octanol–water partition coefficient (Wildman–Crippen LogP) is 32.2. The highest BCUT2D eigenvalue weighted by atomic mass is 16.5. The number of unbranched alkanes of at least 4 members (excludes halogenated alkanes) is 46. The molecule has 2 N–H and O–H groups in total. The van der Waals surface area contributed by atoms with Gasteiger partial charge in [-0.3, -0.25) is 0 Å². The van der Waals surface area contributed by atoms with Crippen molar-refractivity contribution < 1.29 is 28.4 Å². The van der Waals surface area contributed by atoms with Gasteiger partial charge >= 0.3 is 0 Å². The highest BCUT2D eigenvalue weighted by molar-refractivity contribution is 5.96. The monoisotopic (exact) mass is 1560 g/mol. The molecule has 0 saturated heterocycles. The van der Waals surface area contributed by atoms with Crippen molar-refractivity contribution in [1.82, 2.24) is 19.9 Å². The molecule has 0 spiro atoms. The second-order valence-corrected chi connectivity index (χ2v) is 32.9. The average Bonchev–Trinajstić information content (AvgIpc) is 1.60. The minimum atomic E-state index is 0.586. The molecule has 10 heteroatoms. The molecule has 5 heterocycles. The first kappa shape index (κ1) is 94.1. The molecule has 10 nitrogen and oxygen atoms in total. The number of hydrogen-bond donors (Lipinski definition) is 2. The Labute approximate surface area is 695 Å². The van der Waals surface area contributed by atoms with Crippen molar-refractivity contribution in [2.24, 2.45) is 0 Å². The van der Waals surface area contributed by atoms with Crippen molar-refractivity contribution in [2.75, 3.05) is 39.6 Å². The van der Waals surface area contributed by atoms with Crippen LogP contribution in [0.2, 0.25) is 0 Å². The molecule has 0 radical (unpaired) electrons. The first-order chi connectivity index (χ1) is 56.4. The molecule has 2 aromatic carbocycles. The first-order valence-corrected chi connectivity index (χ1v) is 47.7. The second-order valence-electron chi connectivity index (χ2n) is 32.9. The number of fused-ring (bicyclic) bond motifs is 8. The summed E-state index contributed by atoms with van der Waals surface area (Å²) in [6.45, 7) is 21.8. The molecule has 2 aliphatic heterocycles. The molecule has 7 rings (SSSR count). The van der Waals surface area contributed by atoms with Gasteiger partial charge in [0, 0.05) is 35.0 Å². The largest absolute Gasteiger partial charge is 0.490 e. The number of hydrogen-bond acceptors (Lipinski definition) is 8. The van der Waals surface area contributed by atoms with Crippen molar-refractivity contribution in [1.29, 1.82) is 0 Å². The van der Waals surface area contributed by atoms with Crippen LogP contribution in [0, 0.1) is 23.7 Å². The maximum absolute atomic E-state index is 7.09. The van der Waals surface area contributed by atoms with Crippen molar-refractivity contribution in [3.63, 3.8) is 0 Å². The lowest BCUT2D eigenvalue weighted by atomic mass is 10.0. The highest BCUT2D eigenvalue weighted by Gasteiger charge is 2.25. The molecule has 114 heavy (non-hydrogen) atoms. The first-order valence-electron chi connectivity index (χ1n) is 47.7. The van der Waals surface area contributed by atoms with Crippen molar-refractivity contribution in [3.05, 3.63) is 82.4 Å². The molecule has 0 unspecified atom stereocenters. The number of rotatable bonds is 66. The van der Waals surface area contributed by atoms with Gasteiger partial charge in [0.2, 0.25) is 11.5 Å². The van der Waals surface area contributed by atoms with Crippen LogP contribution < -0.4 is 28.4 Å². The van der Waals surface area contributed by atoms with Crippen LogP contribution in [0.5, 0.6) is 34.5 Å². The molecule has 2 aliphatic rings. The Hall–Kier alpha value is -7.04. The lowest BCUT2D eigenvalue weighted by molar-refractivity contribution is 0.234. The summed E-state index contributed by atoms with van der Waals surface area (Å²) >= 11 is 0. The quantitative estimate of drug-likeness (QED) is 0.0286. The Morgan fingerprint density at radius 1 is 0.246 bits per heavy atom. The van der Waals surface area contributed by atoms with E-state index in [1.807, 2.05) is 0 Å². The molecule has 0 aliphatic carbocycles. The van der Waals surface area contributed by atoms with Gasteiger partial charge in [-0.2, -0.15) is 0 Å². The zero-order valence-electron chi connectivity index (χ0n) is 73.7. The van der Waals surface area contributed by atoms with Crippen molar-refractivity contribution in [2.45, 2.75) is 402 Å². The van der Waals surface area contributed by atoms with Gasteiger partial charge in [-0.25, -0.2) is 9.97 Å². The predicted molar refractivity (Wildman–Crippen MR) is 491 cm³/mol. The third-order valence-electron chi connectivity index (χ3n) is 22.6. The van der Waals surface area contributed by atoms with Crippen LogP contribution in [0.15, 0.2) is 48.5 Å². The number of aromatic nitrogens is 4. The number of nitrogens with zero attached hydrogens (tertiary/aromatic N) is 2. The van der Waals surface area contributed by atoms with Gasteiger partial charge in [-0.15, -0.1) is 0 Å². The topological polar surface area (TPSA) is 113 Å². The van der Waals surface area contributed by atoms with E-state index in [1.54, 1.807) is 0 Å². The van der Waals surface area contributed by atoms with Gasteiger partial charge in [0.15, 0.2) is 23.0 Å². The Balaban J connectivity index is 1.45. The van der Waals surface area contributed by atoms with Gasteiger partial charge in [0.1, 0.15) is 0 Å². The Kier molecular flexibility index (Phi) is 49.9. The van der Waals surface area contributed by atoms with Crippen LogP contribution in [-0.2, 0) is 0 Å². The van der Waals surface area contributed by atoms with Crippen molar-refractivity contribution in [3.8, 4) is 80.4 Å². The standard InChI is InChI=1S/C104H158N4O6/c1-9-17-25-33-39-45-51-59-75-109-97-81-85(82-98(110-76-60-52-46-40-34-26-18-10-2)103(97)113-79-63-55-49-43-37-29-21-13-5)101-93-71-67-89(105-93)87(65-57-31-23-15-7)91-69-73-95(107-91)102(96-74-70-92(108-96)88(66-58-32-24-16-8)90-68-72-94(101)106-90)86-83-99(111-77-61-53-47-41-35-27-19-11-3)104(114-80-64-56-50-44-38-30-22-14-6)100(84-86)112-78-62-54-48-42-36-28-20-12-4/h67-74,81-84,105,108H,9-56,59-64,75-80H2,1-8H3. The molecule has 0 fully saturated rings. The SMILES string of the molecule is CCCCC#Cc1c2nc(c(-c3cc(OCCCCCCCCCC)c(OCCCCCCCCCC)c(OCCCCCCCCCC)c3)c3ccc([nH]3)c(C#CCCCC)c3nc(c(-c4cc(OCCCCCCCCCC)c(OCCCCCCCCCC)c(OCCCCCCCCCC)c4)c4ccc1[nH]4)C=C3)C=C2. The van der Waals surface area contributed by atoms with E-state index < -0.39 is 0 Å². The Morgan fingerprint density at radius 2 is 0.465 bits per heavy atom. The Morgan fingerprint density at radius 3 is 0.719 bits per heavy atom. The summed E-state index contributed by atoms with van der Waals surface area (Å²) in [7, 11) is 0. The van der Waals surface area contributed by atoms with Crippen LogP contribution in [0.25, 0.3) is 68.6 Å². The smallest absolute Gasteiger partial charge is 0.203 e. The van der Waals surface area contributed by atoms with Crippen molar-refractivity contribution >= 4 is 46.4 Å². The van der Waals surface area contributed by atoms with Crippen LogP contribution >= 0.6 is 0 Å². The average molecular weight is 1560 g/mol. The zero-order chi connectivity index (χ0) is 80.4. The van der Waals surface area contributed by atoms with Gasteiger partial charge < -0.3 is 38.4 Å². The van der Waals surface area contributed by atoms with Gasteiger partial charge in [-0.05, 0) is 135 Å². The number of H-pyrrole nitrogens is 2. The van der Waals surface area contributed by atoms with E-state index >= 15 is 0 Å². The fraction of sp³-hybridized carbons (Fsp3) is 0.654. The third-order valence-corrected chi connectivity index (χ3v) is 22.6. The minimum absolute atomic E-state index is 0.586. The summed E-state index contributed by atoms with van der Waals surface area (Å²) < 4.78 is 42.4. The third kappa shape index (κ3) is 35.4. The van der Waals surface area contributed by atoms with Crippen LogP contribution in [-0.4, -0.2) is 59.6 Å². The number of aromatic amines is 2. The normalized spacial score (nSPS) is 11.6. The zero-order valence-corrected chi connectivity index (χ0v) is 73.7. The van der Waals surface area contributed by atoms with E-state index in [-0.39, 0.29) is 0 Å². The van der Waals surface area contributed by atoms with E-state index in [2.05, 4.69) is 162 Å². The van der Waals surface area contributed by atoms with Gasteiger partial charge in [0.05, 0.1) is 84.6 Å². The summed E-state index contributed by atoms with van der Waals surface area (Å²) in [5.41, 5.74) is 12.1. The molecule has 0 amide bonds. The molecule has 3 aromatic heterocycles. The number of benzene rings is 2. The lowest BCUT2D eigenvalue weighted by Crippen LogP contribution is -2.07. The minimum Gasteiger partial charge on any atom is -0.490 e. The van der Waals surface area contributed by atoms with Gasteiger partial charge in [0.25, 0.3) is 0 Å². The summed E-state index contributed by atoms with van der Waals surface area (Å²) in [5.74, 6) is 19.0. The number of nitrogens with one attached hydrogen (secondary N) is 2. The molecule has 5 aromatic rings. The van der Waals surface area contributed by atoms with Crippen LogP contribution in [0.1, 0.15) is 436 Å². The number of ether oxygens (including phenoxy) is 6.